The Morgan fingerprint density at radius 2 is 2.09 bits per heavy atom. The average Bonchev–Trinajstić information content (AvgIpc) is 2.45. The first-order valence-corrected chi connectivity index (χ1v) is 6.96. The number of nitriles is 1. The zero-order valence-electron chi connectivity index (χ0n) is 12.7. The van der Waals surface area contributed by atoms with Gasteiger partial charge in [0.1, 0.15) is 17.4 Å². The average molecular weight is 300 g/mol. The molecule has 1 aromatic heterocycles. The SMILES string of the molecule is Cc1cc(-c2ccc(COC(C)C)c(F)c2)c(C#N)c(=O)[nH]1. The van der Waals surface area contributed by atoms with Crippen molar-refractivity contribution >= 4 is 0 Å². The van der Waals surface area contributed by atoms with Gasteiger partial charge in [-0.2, -0.15) is 5.26 Å². The highest BCUT2D eigenvalue weighted by Crippen LogP contribution is 2.24. The number of nitrogens with one attached hydrogen (secondary N) is 1. The molecule has 0 atom stereocenters. The van der Waals surface area contributed by atoms with Crippen molar-refractivity contribution in [3.63, 3.8) is 0 Å². The van der Waals surface area contributed by atoms with Crippen molar-refractivity contribution in [1.82, 2.24) is 4.98 Å². The molecule has 0 aliphatic rings. The van der Waals surface area contributed by atoms with Gasteiger partial charge in [0.25, 0.3) is 5.56 Å². The van der Waals surface area contributed by atoms with Gasteiger partial charge in [0.2, 0.25) is 0 Å². The molecule has 0 bridgehead atoms. The molecule has 1 aromatic carbocycles. The van der Waals surface area contributed by atoms with E-state index >= 15 is 0 Å². The van der Waals surface area contributed by atoms with Crippen molar-refractivity contribution in [2.24, 2.45) is 0 Å². The van der Waals surface area contributed by atoms with E-state index in [9.17, 15) is 9.18 Å². The van der Waals surface area contributed by atoms with Crippen LogP contribution in [0.3, 0.4) is 0 Å². The number of ether oxygens (including phenoxy) is 1. The number of rotatable bonds is 4. The van der Waals surface area contributed by atoms with E-state index in [1.807, 2.05) is 19.9 Å². The van der Waals surface area contributed by atoms with Crippen LogP contribution in [-0.4, -0.2) is 11.1 Å². The fraction of sp³-hybridized carbons (Fsp3) is 0.294. The molecule has 1 heterocycles. The molecule has 22 heavy (non-hydrogen) atoms. The van der Waals surface area contributed by atoms with E-state index in [1.165, 1.54) is 6.07 Å². The van der Waals surface area contributed by atoms with Gasteiger partial charge >= 0.3 is 0 Å². The molecule has 0 aliphatic heterocycles. The Balaban J connectivity index is 2.45. The predicted octanol–water partition coefficient (Wildman–Crippen LogP) is 3.29. The summed E-state index contributed by atoms with van der Waals surface area (Å²) in [6.07, 6.45) is 0.0135. The van der Waals surface area contributed by atoms with Gasteiger partial charge in [0, 0.05) is 16.8 Å². The molecule has 0 amide bonds. The van der Waals surface area contributed by atoms with Crippen molar-refractivity contribution < 1.29 is 9.13 Å². The van der Waals surface area contributed by atoms with E-state index in [-0.39, 0.29) is 18.3 Å². The summed E-state index contributed by atoms with van der Waals surface area (Å²) in [6.45, 7) is 5.66. The number of halogens is 1. The van der Waals surface area contributed by atoms with Gasteiger partial charge in [0.05, 0.1) is 12.7 Å². The van der Waals surface area contributed by atoms with Gasteiger partial charge in [-0.05, 0) is 38.5 Å². The van der Waals surface area contributed by atoms with Gasteiger partial charge in [-0.3, -0.25) is 4.79 Å². The molecule has 0 saturated carbocycles. The smallest absolute Gasteiger partial charge is 0.266 e. The lowest BCUT2D eigenvalue weighted by Gasteiger charge is -2.10. The fourth-order valence-electron chi connectivity index (χ4n) is 2.12. The number of hydrogen-bond acceptors (Lipinski definition) is 3. The number of hydrogen-bond donors (Lipinski definition) is 1. The van der Waals surface area contributed by atoms with Gasteiger partial charge in [-0.15, -0.1) is 0 Å². The highest BCUT2D eigenvalue weighted by molar-refractivity contribution is 5.70. The fourth-order valence-corrected chi connectivity index (χ4v) is 2.12. The van der Waals surface area contributed by atoms with Gasteiger partial charge in [0.15, 0.2) is 0 Å². The van der Waals surface area contributed by atoms with E-state index < -0.39 is 11.4 Å². The molecule has 0 aliphatic carbocycles. The number of aromatic nitrogens is 1. The van der Waals surface area contributed by atoms with Crippen molar-refractivity contribution in [2.75, 3.05) is 0 Å². The molecule has 1 N–H and O–H groups in total. The Bertz CT molecular complexity index is 788. The molecular weight excluding hydrogens is 283 g/mol. The predicted molar refractivity (Wildman–Crippen MR) is 81.8 cm³/mol. The van der Waals surface area contributed by atoms with E-state index in [0.29, 0.717) is 22.4 Å². The monoisotopic (exact) mass is 300 g/mol. The molecule has 0 radical (unpaired) electrons. The van der Waals surface area contributed by atoms with Crippen molar-refractivity contribution in [3.8, 4) is 17.2 Å². The lowest BCUT2D eigenvalue weighted by molar-refractivity contribution is 0.0639. The van der Waals surface area contributed by atoms with Crippen LogP contribution in [0.2, 0.25) is 0 Å². The highest BCUT2D eigenvalue weighted by Gasteiger charge is 2.12. The molecule has 0 unspecified atom stereocenters. The molecule has 0 fully saturated rings. The summed E-state index contributed by atoms with van der Waals surface area (Å²) in [5.74, 6) is -0.417. The van der Waals surface area contributed by atoms with Crippen molar-refractivity contribution in [1.29, 1.82) is 5.26 Å². The molecule has 5 heteroatoms. The Morgan fingerprint density at radius 3 is 2.68 bits per heavy atom. The maximum absolute atomic E-state index is 14.2. The summed E-state index contributed by atoms with van der Waals surface area (Å²) in [7, 11) is 0. The topological polar surface area (TPSA) is 65.9 Å². The van der Waals surface area contributed by atoms with E-state index in [2.05, 4.69) is 4.98 Å². The molecule has 0 spiro atoms. The van der Waals surface area contributed by atoms with Gasteiger partial charge in [-0.1, -0.05) is 12.1 Å². The number of nitrogens with zero attached hydrogens (tertiary/aromatic N) is 1. The van der Waals surface area contributed by atoms with Crippen LogP contribution in [-0.2, 0) is 11.3 Å². The molecule has 4 nitrogen and oxygen atoms in total. The van der Waals surface area contributed by atoms with Crippen molar-refractivity contribution in [3.05, 3.63) is 57.3 Å². The second-order valence-electron chi connectivity index (χ2n) is 5.35. The van der Waals surface area contributed by atoms with Gasteiger partial charge in [-0.25, -0.2) is 4.39 Å². The Labute approximate surface area is 128 Å². The highest BCUT2D eigenvalue weighted by atomic mass is 19.1. The Kier molecular flexibility index (Phi) is 4.74. The summed E-state index contributed by atoms with van der Waals surface area (Å²) in [6, 6.07) is 8.17. The maximum atomic E-state index is 14.2. The number of H-pyrrole nitrogens is 1. The third-order valence-corrected chi connectivity index (χ3v) is 3.22. The maximum Gasteiger partial charge on any atom is 0.266 e. The van der Waals surface area contributed by atoms with Crippen LogP contribution >= 0.6 is 0 Å². The molecule has 0 saturated heterocycles. The lowest BCUT2D eigenvalue weighted by Crippen LogP contribution is -2.12. The minimum absolute atomic E-state index is 0.0135. The summed E-state index contributed by atoms with van der Waals surface area (Å²) in [5, 5.41) is 9.14. The van der Waals surface area contributed by atoms with E-state index in [0.717, 1.165) is 0 Å². The third kappa shape index (κ3) is 3.41. The van der Waals surface area contributed by atoms with Crippen LogP contribution in [0.5, 0.6) is 0 Å². The third-order valence-electron chi connectivity index (χ3n) is 3.22. The summed E-state index contributed by atoms with van der Waals surface area (Å²) >= 11 is 0. The molecule has 114 valence electrons. The zero-order valence-corrected chi connectivity index (χ0v) is 12.7. The number of aryl methyl sites for hydroxylation is 1. The number of pyridine rings is 1. The summed E-state index contributed by atoms with van der Waals surface area (Å²) in [4.78, 5) is 14.4. The minimum atomic E-state index is -0.467. The standard InChI is InChI=1S/C17H17FN2O2/c1-10(2)22-9-13-5-4-12(7-16(13)18)14-6-11(3)20-17(21)15(14)8-19/h4-7,10H,9H2,1-3H3,(H,20,21). The first kappa shape index (κ1) is 15.9. The Hall–Kier alpha value is -2.45. The molecule has 2 rings (SSSR count). The van der Waals surface area contributed by atoms with Crippen LogP contribution in [0.25, 0.3) is 11.1 Å². The molecular formula is C17H17FN2O2. The second-order valence-corrected chi connectivity index (χ2v) is 5.35. The molecule has 2 aromatic rings. The minimum Gasteiger partial charge on any atom is -0.374 e. The zero-order chi connectivity index (χ0) is 16.3. The Morgan fingerprint density at radius 1 is 1.36 bits per heavy atom. The first-order chi connectivity index (χ1) is 10.4. The number of benzene rings is 1. The quantitative estimate of drug-likeness (QED) is 0.942. The summed E-state index contributed by atoms with van der Waals surface area (Å²) < 4.78 is 19.6. The van der Waals surface area contributed by atoms with Crippen LogP contribution < -0.4 is 5.56 Å². The number of aromatic amines is 1. The van der Waals surface area contributed by atoms with E-state index in [1.54, 1.807) is 25.1 Å². The normalized spacial score (nSPS) is 10.7. The van der Waals surface area contributed by atoms with Crippen LogP contribution in [0.15, 0.2) is 29.1 Å². The summed E-state index contributed by atoms with van der Waals surface area (Å²) in [5.41, 5.74) is 1.50. The first-order valence-electron chi connectivity index (χ1n) is 6.96. The van der Waals surface area contributed by atoms with Crippen LogP contribution in [0, 0.1) is 24.1 Å². The largest absolute Gasteiger partial charge is 0.374 e. The van der Waals surface area contributed by atoms with Gasteiger partial charge < -0.3 is 9.72 Å². The van der Waals surface area contributed by atoms with E-state index in [4.69, 9.17) is 10.00 Å². The van der Waals surface area contributed by atoms with Crippen LogP contribution in [0.1, 0.15) is 30.7 Å². The second kappa shape index (κ2) is 6.54. The van der Waals surface area contributed by atoms with Crippen molar-refractivity contribution in [2.45, 2.75) is 33.5 Å². The lowest BCUT2D eigenvalue weighted by atomic mass is 9.99. The van der Waals surface area contributed by atoms with Crippen LogP contribution in [0.4, 0.5) is 4.39 Å².